The number of alkyl halides is 3. The lowest BCUT2D eigenvalue weighted by atomic mass is 9.97. The van der Waals surface area contributed by atoms with E-state index in [0.717, 1.165) is 25.5 Å². The highest BCUT2D eigenvalue weighted by Crippen LogP contribution is 2.24. The van der Waals surface area contributed by atoms with Crippen LogP contribution in [0.2, 0.25) is 0 Å². The molecule has 2 aliphatic heterocycles. The molecule has 0 aromatic rings. The Bertz CT molecular complexity index is 429. The van der Waals surface area contributed by atoms with Crippen molar-refractivity contribution in [2.75, 3.05) is 39.3 Å². The average molecular weight is 476 g/mol. The standard InChI is InChI=1S/C17H31F3N4.HI/c1-4-21-16(24-8-5-14(10-24)9-13(2)3)22-15-6-7-23(11-15)12-17(18,19)20;/h13-15H,4-12H2,1-3H3,(H,21,22);1H. The van der Waals surface area contributed by atoms with Crippen LogP contribution in [0.1, 0.15) is 40.0 Å². The molecule has 0 spiro atoms. The van der Waals surface area contributed by atoms with E-state index in [9.17, 15) is 13.2 Å². The summed E-state index contributed by atoms with van der Waals surface area (Å²) >= 11 is 0. The van der Waals surface area contributed by atoms with Crippen LogP contribution < -0.4 is 5.32 Å². The van der Waals surface area contributed by atoms with Crippen LogP contribution in [0.4, 0.5) is 13.2 Å². The highest BCUT2D eigenvalue weighted by molar-refractivity contribution is 14.0. The Morgan fingerprint density at radius 3 is 2.52 bits per heavy atom. The van der Waals surface area contributed by atoms with Crippen molar-refractivity contribution in [1.29, 1.82) is 0 Å². The number of hydrogen-bond donors (Lipinski definition) is 1. The number of rotatable bonds is 5. The van der Waals surface area contributed by atoms with Gasteiger partial charge in [0.05, 0.1) is 6.54 Å². The molecule has 8 heteroatoms. The first-order valence-electron chi connectivity index (χ1n) is 9.12. The minimum atomic E-state index is -4.12. The normalized spacial score (nSPS) is 25.6. The molecule has 2 fully saturated rings. The minimum Gasteiger partial charge on any atom is -0.352 e. The molecule has 4 nitrogen and oxygen atoms in total. The van der Waals surface area contributed by atoms with Gasteiger partial charge in [-0.05, 0) is 38.0 Å². The van der Waals surface area contributed by atoms with E-state index in [0.29, 0.717) is 31.5 Å². The third-order valence-corrected chi connectivity index (χ3v) is 4.71. The molecule has 0 amide bonds. The molecule has 0 aromatic heterocycles. The molecular weight excluding hydrogens is 444 g/mol. The Kier molecular flexibility index (Phi) is 9.28. The topological polar surface area (TPSA) is 30.9 Å². The average Bonchev–Trinajstić information content (AvgIpc) is 3.05. The number of hydrogen-bond acceptors (Lipinski definition) is 2. The van der Waals surface area contributed by atoms with E-state index in [1.807, 2.05) is 6.92 Å². The quantitative estimate of drug-likeness (QED) is 0.374. The van der Waals surface area contributed by atoms with E-state index in [1.165, 1.54) is 17.7 Å². The summed E-state index contributed by atoms with van der Waals surface area (Å²) in [6.07, 6.45) is -0.984. The van der Waals surface area contributed by atoms with Gasteiger partial charge in [0.2, 0.25) is 0 Å². The maximum atomic E-state index is 12.5. The largest absolute Gasteiger partial charge is 0.401 e. The van der Waals surface area contributed by atoms with Crippen molar-refractivity contribution in [3.63, 3.8) is 0 Å². The second-order valence-corrected chi connectivity index (χ2v) is 7.51. The van der Waals surface area contributed by atoms with Gasteiger partial charge in [-0.3, -0.25) is 9.89 Å². The fourth-order valence-electron chi connectivity index (χ4n) is 3.80. The molecule has 0 aromatic carbocycles. The fourth-order valence-corrected chi connectivity index (χ4v) is 3.80. The summed E-state index contributed by atoms with van der Waals surface area (Å²) in [4.78, 5) is 8.33. The van der Waals surface area contributed by atoms with Gasteiger partial charge in [-0.15, -0.1) is 24.0 Å². The molecule has 2 unspecified atom stereocenters. The Morgan fingerprint density at radius 2 is 1.92 bits per heavy atom. The van der Waals surface area contributed by atoms with Gasteiger partial charge >= 0.3 is 6.18 Å². The van der Waals surface area contributed by atoms with Crippen molar-refractivity contribution in [3.05, 3.63) is 0 Å². The Morgan fingerprint density at radius 1 is 1.20 bits per heavy atom. The first-order chi connectivity index (χ1) is 11.3. The number of nitrogens with zero attached hydrogens (tertiary/aromatic N) is 3. The first-order valence-corrected chi connectivity index (χ1v) is 9.12. The molecule has 0 radical (unpaired) electrons. The number of nitrogens with one attached hydrogen (secondary N) is 1. The van der Waals surface area contributed by atoms with Crippen LogP contribution in [-0.4, -0.2) is 67.2 Å². The van der Waals surface area contributed by atoms with Crippen molar-refractivity contribution >= 4 is 29.9 Å². The molecular formula is C17H32F3IN4. The predicted octanol–water partition coefficient (Wildman–Crippen LogP) is 3.57. The van der Waals surface area contributed by atoms with Crippen molar-refractivity contribution in [3.8, 4) is 0 Å². The molecule has 0 bridgehead atoms. The zero-order valence-electron chi connectivity index (χ0n) is 15.5. The minimum absolute atomic E-state index is 0. The third-order valence-electron chi connectivity index (χ3n) is 4.71. The van der Waals surface area contributed by atoms with Gasteiger partial charge in [-0.25, -0.2) is 0 Å². The molecule has 2 heterocycles. The molecule has 2 saturated heterocycles. The second-order valence-electron chi connectivity index (χ2n) is 7.51. The molecule has 2 atom stereocenters. The van der Waals surface area contributed by atoms with Crippen LogP contribution in [-0.2, 0) is 0 Å². The lowest BCUT2D eigenvalue weighted by Gasteiger charge is -2.25. The van der Waals surface area contributed by atoms with Gasteiger partial charge in [-0.2, -0.15) is 13.2 Å². The van der Waals surface area contributed by atoms with Crippen LogP contribution in [0.15, 0.2) is 4.99 Å². The van der Waals surface area contributed by atoms with Crippen LogP contribution in [0, 0.1) is 11.8 Å². The van der Waals surface area contributed by atoms with Gasteiger partial charge < -0.3 is 10.2 Å². The lowest BCUT2D eigenvalue weighted by molar-refractivity contribution is -0.143. The SMILES string of the molecule is CCN=C(NC1CCN(CC(F)(F)F)C1)N1CCC(CC(C)C)C1.I. The van der Waals surface area contributed by atoms with Gasteiger partial charge in [0.25, 0.3) is 0 Å². The van der Waals surface area contributed by atoms with Crippen LogP contribution in [0.25, 0.3) is 0 Å². The van der Waals surface area contributed by atoms with Crippen molar-refractivity contribution in [2.24, 2.45) is 16.8 Å². The summed E-state index contributed by atoms with van der Waals surface area (Å²) in [5.74, 6) is 2.27. The van der Waals surface area contributed by atoms with Gasteiger partial charge in [0, 0.05) is 38.8 Å². The highest BCUT2D eigenvalue weighted by Gasteiger charge is 2.35. The zero-order valence-corrected chi connectivity index (χ0v) is 17.8. The van der Waals surface area contributed by atoms with Crippen LogP contribution in [0.5, 0.6) is 0 Å². The maximum Gasteiger partial charge on any atom is 0.401 e. The van der Waals surface area contributed by atoms with Crippen molar-refractivity contribution in [2.45, 2.75) is 52.3 Å². The van der Waals surface area contributed by atoms with E-state index >= 15 is 0 Å². The summed E-state index contributed by atoms with van der Waals surface area (Å²) in [6.45, 7) is 9.28. The first kappa shape index (κ1) is 22.8. The van der Waals surface area contributed by atoms with Gasteiger partial charge in [0.1, 0.15) is 0 Å². The Hall–Kier alpha value is -0.250. The molecule has 0 aliphatic carbocycles. The van der Waals surface area contributed by atoms with E-state index in [2.05, 4.69) is 29.1 Å². The van der Waals surface area contributed by atoms with Gasteiger partial charge in [0.15, 0.2) is 5.96 Å². The highest BCUT2D eigenvalue weighted by atomic mass is 127. The summed E-state index contributed by atoms with van der Waals surface area (Å²) in [7, 11) is 0. The van der Waals surface area contributed by atoms with E-state index < -0.39 is 12.7 Å². The fraction of sp³-hybridized carbons (Fsp3) is 0.941. The summed E-state index contributed by atoms with van der Waals surface area (Å²) in [5, 5.41) is 3.42. The van der Waals surface area contributed by atoms with E-state index in [-0.39, 0.29) is 30.0 Å². The lowest BCUT2D eigenvalue weighted by Crippen LogP contribution is -2.46. The molecule has 2 aliphatic rings. The zero-order chi connectivity index (χ0) is 17.7. The van der Waals surface area contributed by atoms with Crippen molar-refractivity contribution in [1.82, 2.24) is 15.1 Å². The Balaban J connectivity index is 0.00000312. The number of likely N-dealkylation sites (tertiary alicyclic amines) is 2. The number of halogens is 4. The molecule has 0 saturated carbocycles. The Labute approximate surface area is 166 Å². The predicted molar refractivity (Wildman–Crippen MR) is 107 cm³/mol. The molecule has 25 heavy (non-hydrogen) atoms. The summed E-state index contributed by atoms with van der Waals surface area (Å²) in [6, 6.07) is 0.0572. The molecule has 148 valence electrons. The van der Waals surface area contributed by atoms with Crippen molar-refractivity contribution < 1.29 is 13.2 Å². The van der Waals surface area contributed by atoms with E-state index in [1.54, 1.807) is 0 Å². The number of guanidine groups is 1. The van der Waals surface area contributed by atoms with Crippen LogP contribution in [0.3, 0.4) is 0 Å². The molecule has 2 rings (SSSR count). The number of aliphatic imine (C=N–C) groups is 1. The van der Waals surface area contributed by atoms with Gasteiger partial charge in [-0.1, -0.05) is 13.8 Å². The summed E-state index contributed by atoms with van der Waals surface area (Å²) < 4.78 is 37.6. The monoisotopic (exact) mass is 476 g/mol. The van der Waals surface area contributed by atoms with E-state index in [4.69, 9.17) is 0 Å². The summed E-state index contributed by atoms with van der Waals surface area (Å²) in [5.41, 5.74) is 0. The maximum absolute atomic E-state index is 12.5. The second kappa shape index (κ2) is 10.2. The molecule has 1 N–H and O–H groups in total. The van der Waals surface area contributed by atoms with Crippen LogP contribution >= 0.6 is 24.0 Å². The third kappa shape index (κ3) is 7.88. The smallest absolute Gasteiger partial charge is 0.352 e.